The molecule has 3 aromatic rings. The molecule has 26 heavy (non-hydrogen) atoms. The van der Waals surface area contributed by atoms with Gasteiger partial charge in [-0.15, -0.1) is 0 Å². The normalized spacial score (nSPS) is 12.0. The van der Waals surface area contributed by atoms with Gasteiger partial charge in [-0.25, -0.2) is 0 Å². The number of aromatic nitrogens is 2. The first kappa shape index (κ1) is 17.9. The molecule has 1 unspecified atom stereocenters. The van der Waals surface area contributed by atoms with Crippen molar-refractivity contribution in [2.45, 2.75) is 26.5 Å². The molecule has 0 saturated carbocycles. The summed E-state index contributed by atoms with van der Waals surface area (Å²) in [7, 11) is 0. The molecule has 0 aliphatic heterocycles. The Hall–Kier alpha value is -2.92. The predicted molar refractivity (Wildman–Crippen MR) is 101 cm³/mol. The summed E-state index contributed by atoms with van der Waals surface area (Å²) in [5.41, 5.74) is 4.43. The maximum absolute atomic E-state index is 12.4. The van der Waals surface area contributed by atoms with Crippen LogP contribution in [0, 0.1) is 13.8 Å². The van der Waals surface area contributed by atoms with Crippen molar-refractivity contribution in [3.63, 3.8) is 0 Å². The van der Waals surface area contributed by atoms with Gasteiger partial charge in [-0.2, -0.15) is 5.10 Å². The quantitative estimate of drug-likeness (QED) is 0.719. The first-order valence-corrected chi connectivity index (χ1v) is 8.64. The van der Waals surface area contributed by atoms with Gasteiger partial charge in [0.25, 0.3) is 5.91 Å². The Bertz CT molecular complexity index is 887. The molecule has 1 aromatic heterocycles. The maximum atomic E-state index is 12.4. The minimum absolute atomic E-state index is 0.171. The van der Waals surface area contributed by atoms with Crippen molar-refractivity contribution in [2.24, 2.45) is 0 Å². The third-order valence-electron chi connectivity index (χ3n) is 4.27. The lowest BCUT2D eigenvalue weighted by atomic mass is 10.1. The topological polar surface area (TPSA) is 67.2 Å². The fraction of sp³-hybridized carbons (Fsp3) is 0.238. The molecule has 2 N–H and O–H groups in total. The highest BCUT2D eigenvalue weighted by molar-refractivity contribution is 5.94. The van der Waals surface area contributed by atoms with Crippen molar-refractivity contribution in [3.8, 4) is 0 Å². The number of aliphatic hydroxyl groups excluding tert-OH is 1. The number of amides is 1. The van der Waals surface area contributed by atoms with Crippen molar-refractivity contribution < 1.29 is 9.90 Å². The van der Waals surface area contributed by atoms with Crippen molar-refractivity contribution in [3.05, 3.63) is 88.7 Å². The molecule has 0 aliphatic rings. The molecule has 2 aromatic carbocycles. The number of aryl methyl sites for hydroxylation is 2. The number of benzene rings is 2. The summed E-state index contributed by atoms with van der Waals surface area (Å²) in [5, 5.41) is 17.4. The number of aliphatic hydroxyl groups is 1. The molecule has 0 saturated heterocycles. The molecule has 0 bridgehead atoms. The summed E-state index contributed by atoms with van der Waals surface area (Å²) in [5.74, 6) is -0.199. The molecule has 1 heterocycles. The number of carbonyl (C=O) groups is 1. The number of hydrogen-bond donors (Lipinski definition) is 2. The van der Waals surface area contributed by atoms with Crippen LogP contribution in [0.15, 0.2) is 60.7 Å². The SMILES string of the molecule is Cc1cc(C)n(Cc2cccc(C(=O)NCC(O)c3ccccc3)c2)n1. The Morgan fingerprint density at radius 1 is 1.12 bits per heavy atom. The summed E-state index contributed by atoms with van der Waals surface area (Å²) in [6.45, 7) is 4.77. The third-order valence-corrected chi connectivity index (χ3v) is 4.27. The fourth-order valence-electron chi connectivity index (χ4n) is 2.90. The zero-order valence-corrected chi connectivity index (χ0v) is 15.0. The van der Waals surface area contributed by atoms with E-state index in [0.29, 0.717) is 12.1 Å². The highest BCUT2D eigenvalue weighted by atomic mass is 16.3. The summed E-state index contributed by atoms with van der Waals surface area (Å²) in [4.78, 5) is 12.4. The summed E-state index contributed by atoms with van der Waals surface area (Å²) < 4.78 is 1.92. The van der Waals surface area contributed by atoms with Gasteiger partial charge in [0.05, 0.1) is 18.3 Å². The molecule has 1 amide bonds. The van der Waals surface area contributed by atoms with Crippen LogP contribution in [-0.2, 0) is 6.54 Å². The van der Waals surface area contributed by atoms with E-state index in [1.807, 2.05) is 73.1 Å². The first-order valence-electron chi connectivity index (χ1n) is 8.64. The smallest absolute Gasteiger partial charge is 0.251 e. The van der Waals surface area contributed by atoms with Crippen molar-refractivity contribution in [1.82, 2.24) is 15.1 Å². The number of carbonyl (C=O) groups excluding carboxylic acids is 1. The number of nitrogens with zero attached hydrogens (tertiary/aromatic N) is 2. The van der Waals surface area contributed by atoms with Crippen molar-refractivity contribution in [2.75, 3.05) is 6.54 Å². The predicted octanol–water partition coefficient (Wildman–Crippen LogP) is 3.01. The Kier molecular flexibility index (Phi) is 5.49. The average molecular weight is 349 g/mol. The summed E-state index contributed by atoms with van der Waals surface area (Å²) >= 11 is 0. The van der Waals surface area contributed by atoms with E-state index in [-0.39, 0.29) is 12.5 Å². The average Bonchev–Trinajstić information content (AvgIpc) is 2.97. The van der Waals surface area contributed by atoms with Crippen molar-refractivity contribution >= 4 is 5.91 Å². The van der Waals surface area contributed by atoms with Crippen LogP contribution in [0.25, 0.3) is 0 Å². The molecule has 3 rings (SSSR count). The summed E-state index contributed by atoms with van der Waals surface area (Å²) in [6, 6.07) is 18.8. The van der Waals surface area contributed by atoms with Gasteiger partial charge in [0.1, 0.15) is 0 Å². The van der Waals surface area contributed by atoms with Crippen LogP contribution in [0.5, 0.6) is 0 Å². The molecule has 134 valence electrons. The second kappa shape index (κ2) is 7.97. The largest absolute Gasteiger partial charge is 0.387 e. The fourth-order valence-corrected chi connectivity index (χ4v) is 2.90. The van der Waals surface area contributed by atoms with Gasteiger partial charge >= 0.3 is 0 Å². The van der Waals surface area contributed by atoms with Gasteiger partial charge in [0.15, 0.2) is 0 Å². The molecule has 0 aliphatic carbocycles. The van der Waals surface area contributed by atoms with E-state index in [1.54, 1.807) is 6.07 Å². The maximum Gasteiger partial charge on any atom is 0.251 e. The summed E-state index contributed by atoms with van der Waals surface area (Å²) in [6.07, 6.45) is -0.724. The molecule has 5 nitrogen and oxygen atoms in total. The van der Waals surface area contributed by atoms with Crippen LogP contribution < -0.4 is 5.32 Å². The van der Waals surface area contributed by atoms with Gasteiger partial charge in [0, 0.05) is 17.8 Å². The Balaban J connectivity index is 1.64. The van der Waals surface area contributed by atoms with E-state index >= 15 is 0 Å². The standard InChI is InChI=1S/C21H23N3O2/c1-15-11-16(2)24(23-15)14-17-7-6-10-19(12-17)21(26)22-13-20(25)18-8-4-3-5-9-18/h3-12,20,25H,13-14H2,1-2H3,(H,22,26). The molecular formula is C21H23N3O2. The van der Waals surface area contributed by atoms with Gasteiger partial charge in [0.2, 0.25) is 0 Å². The van der Waals surface area contributed by atoms with Gasteiger partial charge < -0.3 is 10.4 Å². The zero-order valence-electron chi connectivity index (χ0n) is 15.0. The lowest BCUT2D eigenvalue weighted by molar-refractivity contribution is 0.0916. The zero-order chi connectivity index (χ0) is 18.5. The van der Waals surface area contributed by atoms with E-state index in [2.05, 4.69) is 10.4 Å². The lowest BCUT2D eigenvalue weighted by Gasteiger charge is -2.13. The molecular weight excluding hydrogens is 326 g/mol. The minimum Gasteiger partial charge on any atom is -0.387 e. The van der Waals surface area contributed by atoms with Gasteiger partial charge in [-0.05, 0) is 43.2 Å². The second-order valence-corrected chi connectivity index (χ2v) is 6.42. The monoisotopic (exact) mass is 349 g/mol. The van der Waals surface area contributed by atoms with E-state index in [9.17, 15) is 9.90 Å². The molecule has 5 heteroatoms. The Morgan fingerprint density at radius 3 is 2.58 bits per heavy atom. The van der Waals surface area contributed by atoms with Crippen LogP contribution >= 0.6 is 0 Å². The highest BCUT2D eigenvalue weighted by Crippen LogP contribution is 2.12. The number of rotatable bonds is 6. The number of hydrogen-bond acceptors (Lipinski definition) is 3. The van der Waals surface area contributed by atoms with Gasteiger partial charge in [-0.1, -0.05) is 42.5 Å². The third kappa shape index (κ3) is 4.37. The minimum atomic E-state index is -0.724. The highest BCUT2D eigenvalue weighted by Gasteiger charge is 2.11. The molecule has 0 spiro atoms. The number of nitrogens with one attached hydrogen (secondary N) is 1. The Morgan fingerprint density at radius 2 is 1.88 bits per heavy atom. The van der Waals surface area contributed by atoms with E-state index in [4.69, 9.17) is 0 Å². The van der Waals surface area contributed by atoms with E-state index < -0.39 is 6.10 Å². The van der Waals surface area contributed by atoms with Crippen LogP contribution in [-0.4, -0.2) is 27.3 Å². The molecule has 1 atom stereocenters. The van der Waals surface area contributed by atoms with Crippen LogP contribution in [0.1, 0.15) is 39.0 Å². The Labute approximate surface area is 153 Å². The van der Waals surface area contributed by atoms with Crippen LogP contribution in [0.2, 0.25) is 0 Å². The molecule has 0 radical (unpaired) electrons. The first-order chi connectivity index (χ1) is 12.5. The van der Waals surface area contributed by atoms with E-state index in [1.165, 1.54) is 0 Å². The van der Waals surface area contributed by atoms with Gasteiger partial charge in [-0.3, -0.25) is 9.48 Å². The van der Waals surface area contributed by atoms with Crippen molar-refractivity contribution in [1.29, 1.82) is 0 Å². The molecule has 0 fully saturated rings. The van der Waals surface area contributed by atoms with Crippen LogP contribution in [0.4, 0.5) is 0 Å². The lowest BCUT2D eigenvalue weighted by Crippen LogP contribution is -2.28. The second-order valence-electron chi connectivity index (χ2n) is 6.42. The van der Waals surface area contributed by atoms with E-state index in [0.717, 1.165) is 22.5 Å². The van der Waals surface area contributed by atoms with Crippen LogP contribution in [0.3, 0.4) is 0 Å².